The number of hydrogen-bond acceptors (Lipinski definition) is 3. The maximum Gasteiger partial charge on any atom is 0.146 e. The van der Waals surface area contributed by atoms with E-state index >= 15 is 0 Å². The molecule has 19 heavy (non-hydrogen) atoms. The van der Waals surface area contributed by atoms with Gasteiger partial charge in [0.15, 0.2) is 0 Å². The Morgan fingerprint density at radius 2 is 2.16 bits per heavy atom. The molecule has 1 aromatic rings. The molecule has 0 radical (unpaired) electrons. The summed E-state index contributed by atoms with van der Waals surface area (Å²) in [5.41, 5.74) is 6.38. The molecule has 0 saturated carbocycles. The first-order valence-electron chi connectivity index (χ1n) is 6.45. The Kier molecular flexibility index (Phi) is 6.72. The summed E-state index contributed by atoms with van der Waals surface area (Å²) < 4.78 is 19.3. The number of nitrogens with two attached hydrogens (primary N) is 1. The van der Waals surface area contributed by atoms with Crippen LogP contribution in [0.15, 0.2) is 18.2 Å². The summed E-state index contributed by atoms with van der Waals surface area (Å²) in [6.07, 6.45) is 0. The molecule has 0 aromatic heterocycles. The highest BCUT2D eigenvalue weighted by Crippen LogP contribution is 2.28. The maximum atomic E-state index is 14.1. The van der Waals surface area contributed by atoms with Gasteiger partial charge >= 0.3 is 0 Å². The number of likely N-dealkylation sites (N-methyl/N-ethyl adjacent to an activating group) is 1. The highest BCUT2D eigenvalue weighted by atomic mass is 35.5. The Balaban J connectivity index is 3.06. The van der Waals surface area contributed by atoms with Gasteiger partial charge in [-0.25, -0.2) is 4.39 Å². The quantitative estimate of drug-likeness (QED) is 0.838. The third kappa shape index (κ3) is 3.89. The monoisotopic (exact) mass is 288 g/mol. The molecule has 2 N–H and O–H groups in total. The maximum absolute atomic E-state index is 14.1. The lowest BCUT2D eigenvalue weighted by Crippen LogP contribution is -2.42. The minimum absolute atomic E-state index is 0.131. The molecule has 0 saturated heterocycles. The van der Waals surface area contributed by atoms with Crippen LogP contribution in [0.1, 0.15) is 25.5 Å². The summed E-state index contributed by atoms with van der Waals surface area (Å²) in [7, 11) is 1.65. The fourth-order valence-electron chi connectivity index (χ4n) is 2.40. The van der Waals surface area contributed by atoms with Crippen molar-refractivity contribution in [3.8, 4) is 0 Å². The summed E-state index contributed by atoms with van der Waals surface area (Å²) in [5, 5.41) is 0.131. The van der Waals surface area contributed by atoms with Gasteiger partial charge in [0.25, 0.3) is 0 Å². The highest BCUT2D eigenvalue weighted by molar-refractivity contribution is 6.30. The fourth-order valence-corrected chi connectivity index (χ4v) is 2.58. The molecule has 1 rings (SSSR count). The lowest BCUT2D eigenvalue weighted by atomic mass is 10.0. The van der Waals surface area contributed by atoms with E-state index in [0.29, 0.717) is 18.7 Å². The lowest BCUT2D eigenvalue weighted by molar-refractivity contribution is 0.0740. The van der Waals surface area contributed by atoms with Crippen LogP contribution >= 0.6 is 11.6 Å². The van der Waals surface area contributed by atoms with Crippen LogP contribution in [0.3, 0.4) is 0 Å². The van der Waals surface area contributed by atoms with Crippen LogP contribution < -0.4 is 5.73 Å². The van der Waals surface area contributed by atoms with Gasteiger partial charge in [-0.3, -0.25) is 4.90 Å². The van der Waals surface area contributed by atoms with Crippen LogP contribution in [0.4, 0.5) is 4.39 Å². The van der Waals surface area contributed by atoms with Crippen molar-refractivity contribution in [2.75, 3.05) is 26.8 Å². The van der Waals surface area contributed by atoms with Gasteiger partial charge in [0.05, 0.1) is 17.7 Å². The minimum atomic E-state index is -0.386. The molecule has 0 aliphatic carbocycles. The number of nitrogens with zero attached hydrogens (tertiary/aromatic N) is 1. The number of benzene rings is 1. The summed E-state index contributed by atoms with van der Waals surface area (Å²) >= 11 is 5.84. The van der Waals surface area contributed by atoms with Gasteiger partial charge in [0.2, 0.25) is 0 Å². The summed E-state index contributed by atoms with van der Waals surface area (Å²) in [5.74, 6) is -0.386. The van der Waals surface area contributed by atoms with Gasteiger partial charge in [-0.1, -0.05) is 30.7 Å². The van der Waals surface area contributed by atoms with E-state index in [1.165, 1.54) is 0 Å². The van der Waals surface area contributed by atoms with E-state index in [4.69, 9.17) is 22.1 Å². The second-order valence-corrected chi connectivity index (χ2v) is 4.94. The molecule has 0 bridgehead atoms. The van der Waals surface area contributed by atoms with E-state index in [9.17, 15) is 4.39 Å². The zero-order valence-corrected chi connectivity index (χ0v) is 12.5. The molecule has 0 amide bonds. The molecule has 1 aromatic carbocycles. The third-order valence-electron chi connectivity index (χ3n) is 3.30. The van der Waals surface area contributed by atoms with Crippen LogP contribution in [0.25, 0.3) is 0 Å². The lowest BCUT2D eigenvalue weighted by Gasteiger charge is -2.35. The number of hydrogen-bond donors (Lipinski definition) is 1. The molecule has 2 atom stereocenters. The number of rotatable bonds is 7. The van der Waals surface area contributed by atoms with Crippen molar-refractivity contribution in [1.82, 2.24) is 4.90 Å². The first-order chi connectivity index (χ1) is 9.06. The smallest absolute Gasteiger partial charge is 0.146 e. The predicted molar refractivity (Wildman–Crippen MR) is 76.9 cm³/mol. The number of ether oxygens (including phenoxy) is 1. The standard InChI is InChI=1S/C14H22ClFN2O/c1-4-18(10(2)9-19-3)13(8-17)11-6-5-7-12(15)14(11)16/h5-7,10,13H,4,8-9,17H2,1-3H3. The first-order valence-corrected chi connectivity index (χ1v) is 6.83. The average Bonchev–Trinajstić information content (AvgIpc) is 2.39. The molecule has 0 fully saturated rings. The van der Waals surface area contributed by atoms with E-state index in [1.54, 1.807) is 25.3 Å². The predicted octanol–water partition coefficient (Wildman–Crippen LogP) is 2.84. The number of halogens is 2. The van der Waals surface area contributed by atoms with E-state index < -0.39 is 0 Å². The molecule has 5 heteroatoms. The zero-order chi connectivity index (χ0) is 14.4. The summed E-state index contributed by atoms with van der Waals surface area (Å²) in [4.78, 5) is 2.12. The molecular weight excluding hydrogens is 267 g/mol. The van der Waals surface area contributed by atoms with Crippen molar-refractivity contribution in [2.45, 2.75) is 25.9 Å². The molecule has 2 unspecified atom stereocenters. The molecule has 108 valence electrons. The number of methoxy groups -OCH3 is 1. The van der Waals surface area contributed by atoms with Gasteiger partial charge in [-0.15, -0.1) is 0 Å². The van der Waals surface area contributed by atoms with Crippen LogP contribution in [-0.2, 0) is 4.74 Å². The molecule has 0 aliphatic heterocycles. The van der Waals surface area contributed by atoms with Gasteiger partial charge in [-0.05, 0) is 19.5 Å². The SMILES string of the molecule is CCN(C(C)COC)C(CN)c1cccc(Cl)c1F. The average molecular weight is 289 g/mol. The summed E-state index contributed by atoms with van der Waals surface area (Å²) in [6, 6.07) is 4.98. The van der Waals surface area contributed by atoms with Gasteiger partial charge < -0.3 is 10.5 Å². The first kappa shape index (κ1) is 16.4. The van der Waals surface area contributed by atoms with E-state index in [-0.39, 0.29) is 22.9 Å². The summed E-state index contributed by atoms with van der Waals surface area (Å²) in [6.45, 7) is 5.74. The van der Waals surface area contributed by atoms with Crippen molar-refractivity contribution in [3.63, 3.8) is 0 Å². The second kappa shape index (κ2) is 7.80. The minimum Gasteiger partial charge on any atom is -0.383 e. The fraction of sp³-hybridized carbons (Fsp3) is 0.571. The van der Waals surface area contributed by atoms with Gasteiger partial charge in [-0.2, -0.15) is 0 Å². The van der Waals surface area contributed by atoms with Crippen molar-refractivity contribution >= 4 is 11.6 Å². The molecule has 3 nitrogen and oxygen atoms in total. The van der Waals surface area contributed by atoms with Crippen LogP contribution in [0, 0.1) is 5.82 Å². The molecular formula is C14H22ClFN2O. The Labute approximate surface area is 119 Å². The third-order valence-corrected chi connectivity index (χ3v) is 3.60. The van der Waals surface area contributed by atoms with Crippen molar-refractivity contribution < 1.29 is 9.13 Å². The largest absolute Gasteiger partial charge is 0.383 e. The Bertz CT molecular complexity index is 403. The van der Waals surface area contributed by atoms with Crippen LogP contribution in [0.5, 0.6) is 0 Å². The van der Waals surface area contributed by atoms with Crippen molar-refractivity contribution in [1.29, 1.82) is 0 Å². The van der Waals surface area contributed by atoms with Crippen LogP contribution in [-0.4, -0.2) is 37.7 Å². The van der Waals surface area contributed by atoms with E-state index in [2.05, 4.69) is 4.90 Å². The highest BCUT2D eigenvalue weighted by Gasteiger charge is 2.25. The normalized spacial score (nSPS) is 14.7. The molecule has 0 heterocycles. The topological polar surface area (TPSA) is 38.5 Å². The molecule has 0 aliphatic rings. The van der Waals surface area contributed by atoms with Crippen LogP contribution in [0.2, 0.25) is 5.02 Å². The Hall–Kier alpha value is -0.680. The Morgan fingerprint density at radius 3 is 2.68 bits per heavy atom. The zero-order valence-electron chi connectivity index (χ0n) is 11.7. The van der Waals surface area contributed by atoms with Crippen molar-refractivity contribution in [2.24, 2.45) is 5.73 Å². The van der Waals surface area contributed by atoms with Gasteiger partial charge in [0.1, 0.15) is 5.82 Å². The van der Waals surface area contributed by atoms with Crippen molar-refractivity contribution in [3.05, 3.63) is 34.6 Å². The molecule has 0 spiro atoms. The van der Waals surface area contributed by atoms with E-state index in [0.717, 1.165) is 6.54 Å². The Morgan fingerprint density at radius 1 is 1.47 bits per heavy atom. The van der Waals surface area contributed by atoms with Gasteiger partial charge in [0, 0.05) is 25.3 Å². The second-order valence-electron chi connectivity index (χ2n) is 4.53. The van der Waals surface area contributed by atoms with E-state index in [1.807, 2.05) is 13.8 Å².